The van der Waals surface area contributed by atoms with E-state index in [4.69, 9.17) is 10.5 Å². The first-order chi connectivity index (χ1) is 9.42. The molecule has 1 aliphatic heterocycles. The first kappa shape index (κ1) is 14.9. The Balaban J connectivity index is 2.24. The maximum atomic E-state index is 13.8. The molecule has 1 aliphatic rings. The van der Waals surface area contributed by atoms with E-state index in [0.717, 1.165) is 6.07 Å². The maximum absolute atomic E-state index is 13.8. The van der Waals surface area contributed by atoms with Gasteiger partial charge in [-0.05, 0) is 25.5 Å². The number of benzene rings is 1. The van der Waals surface area contributed by atoms with Crippen LogP contribution < -0.4 is 5.73 Å². The van der Waals surface area contributed by atoms with Crippen LogP contribution in [0, 0.1) is 18.6 Å². The van der Waals surface area contributed by atoms with Crippen molar-refractivity contribution in [2.45, 2.75) is 26.1 Å². The highest BCUT2D eigenvalue weighted by molar-refractivity contribution is 5.94. The number of nitrogens with two attached hydrogens (primary N) is 1. The molecule has 0 saturated carbocycles. The van der Waals surface area contributed by atoms with Crippen molar-refractivity contribution in [3.63, 3.8) is 0 Å². The normalized spacial score (nSPS) is 22.9. The third-order valence-corrected chi connectivity index (χ3v) is 3.36. The van der Waals surface area contributed by atoms with Crippen LogP contribution >= 0.6 is 0 Å². The fourth-order valence-electron chi connectivity index (χ4n) is 2.33. The zero-order chi connectivity index (χ0) is 14.9. The number of hydrogen-bond donors (Lipinski definition) is 1. The standard InChI is InChI=1S/C14H18F2N2O2/c1-8-3-11(13(16)4-12(8)15)14(19)18-6-9(2)20-10(5-17)7-18/h3-4,9-10H,5-7,17H2,1-2H3. The van der Waals surface area contributed by atoms with Gasteiger partial charge in [0.05, 0.1) is 17.8 Å². The van der Waals surface area contributed by atoms with Crippen LogP contribution in [0.25, 0.3) is 0 Å². The molecule has 6 heteroatoms. The van der Waals surface area contributed by atoms with E-state index in [2.05, 4.69) is 0 Å². The molecular formula is C14H18F2N2O2. The Labute approximate surface area is 116 Å². The van der Waals surface area contributed by atoms with Gasteiger partial charge in [0, 0.05) is 25.7 Å². The van der Waals surface area contributed by atoms with Crippen LogP contribution in [0.4, 0.5) is 8.78 Å². The van der Waals surface area contributed by atoms with Crippen molar-refractivity contribution in [1.29, 1.82) is 0 Å². The SMILES string of the molecule is Cc1cc(C(=O)N2CC(C)OC(CN)C2)c(F)cc1F. The summed E-state index contributed by atoms with van der Waals surface area (Å²) >= 11 is 0. The third-order valence-electron chi connectivity index (χ3n) is 3.36. The summed E-state index contributed by atoms with van der Waals surface area (Å²) in [7, 11) is 0. The van der Waals surface area contributed by atoms with Crippen LogP contribution in [0.5, 0.6) is 0 Å². The number of nitrogens with zero attached hydrogens (tertiary/aromatic N) is 1. The molecule has 2 atom stereocenters. The van der Waals surface area contributed by atoms with E-state index in [0.29, 0.717) is 19.6 Å². The van der Waals surface area contributed by atoms with Crippen LogP contribution in [-0.4, -0.2) is 42.6 Å². The molecule has 0 bridgehead atoms. The van der Waals surface area contributed by atoms with Crippen molar-refractivity contribution < 1.29 is 18.3 Å². The van der Waals surface area contributed by atoms with Crippen molar-refractivity contribution >= 4 is 5.91 Å². The minimum absolute atomic E-state index is 0.117. The van der Waals surface area contributed by atoms with E-state index in [-0.39, 0.29) is 23.3 Å². The fraction of sp³-hybridized carbons (Fsp3) is 0.500. The molecule has 4 nitrogen and oxygen atoms in total. The first-order valence-electron chi connectivity index (χ1n) is 6.52. The fourth-order valence-corrected chi connectivity index (χ4v) is 2.33. The van der Waals surface area contributed by atoms with Crippen LogP contribution in [0.1, 0.15) is 22.8 Å². The van der Waals surface area contributed by atoms with E-state index in [1.54, 1.807) is 0 Å². The molecule has 1 heterocycles. The first-order valence-corrected chi connectivity index (χ1v) is 6.52. The number of hydrogen-bond acceptors (Lipinski definition) is 3. The molecule has 1 aromatic rings. The van der Waals surface area contributed by atoms with E-state index >= 15 is 0 Å². The average Bonchev–Trinajstić information content (AvgIpc) is 2.41. The van der Waals surface area contributed by atoms with Gasteiger partial charge in [-0.1, -0.05) is 0 Å². The summed E-state index contributed by atoms with van der Waals surface area (Å²) in [4.78, 5) is 13.9. The van der Waals surface area contributed by atoms with Crippen LogP contribution in [-0.2, 0) is 4.74 Å². The zero-order valence-electron chi connectivity index (χ0n) is 11.5. The summed E-state index contributed by atoms with van der Waals surface area (Å²) in [5.41, 5.74) is 5.68. The summed E-state index contributed by atoms with van der Waals surface area (Å²) in [5.74, 6) is -1.96. The number of carbonyl (C=O) groups is 1. The highest BCUT2D eigenvalue weighted by Crippen LogP contribution is 2.19. The molecule has 1 amide bonds. The molecule has 0 radical (unpaired) electrons. The molecule has 1 aromatic carbocycles. The number of rotatable bonds is 2. The third kappa shape index (κ3) is 2.96. The number of amides is 1. The largest absolute Gasteiger partial charge is 0.370 e. The minimum atomic E-state index is -0.846. The summed E-state index contributed by atoms with van der Waals surface area (Å²) in [6.45, 7) is 4.30. The molecule has 2 unspecified atom stereocenters. The van der Waals surface area contributed by atoms with Gasteiger partial charge >= 0.3 is 0 Å². The Morgan fingerprint density at radius 2 is 2.10 bits per heavy atom. The Morgan fingerprint density at radius 3 is 2.75 bits per heavy atom. The molecule has 1 fully saturated rings. The molecule has 0 aliphatic carbocycles. The lowest BCUT2D eigenvalue weighted by Gasteiger charge is -2.36. The summed E-state index contributed by atoms with van der Waals surface area (Å²) in [6.07, 6.45) is -0.418. The monoisotopic (exact) mass is 284 g/mol. The second-order valence-corrected chi connectivity index (χ2v) is 5.10. The number of morpholine rings is 1. The van der Waals surface area contributed by atoms with E-state index in [9.17, 15) is 13.6 Å². The van der Waals surface area contributed by atoms with E-state index in [1.807, 2.05) is 6.92 Å². The lowest BCUT2D eigenvalue weighted by atomic mass is 10.1. The minimum Gasteiger partial charge on any atom is -0.370 e. The van der Waals surface area contributed by atoms with Crippen molar-refractivity contribution in [2.24, 2.45) is 5.73 Å². The predicted molar refractivity (Wildman–Crippen MR) is 70.4 cm³/mol. The van der Waals surface area contributed by atoms with Gasteiger partial charge < -0.3 is 15.4 Å². The molecule has 110 valence electrons. The molecule has 2 rings (SSSR count). The van der Waals surface area contributed by atoms with Gasteiger partial charge in [0.15, 0.2) is 0 Å². The van der Waals surface area contributed by atoms with Crippen LogP contribution in [0.2, 0.25) is 0 Å². The van der Waals surface area contributed by atoms with E-state index in [1.165, 1.54) is 17.9 Å². The quantitative estimate of drug-likeness (QED) is 0.894. The summed E-state index contributed by atoms with van der Waals surface area (Å²) in [6, 6.07) is 1.98. The van der Waals surface area contributed by atoms with Crippen LogP contribution in [0.15, 0.2) is 12.1 Å². The van der Waals surface area contributed by atoms with Gasteiger partial charge in [0.1, 0.15) is 11.6 Å². The van der Waals surface area contributed by atoms with Crippen molar-refractivity contribution in [1.82, 2.24) is 4.90 Å². The van der Waals surface area contributed by atoms with Gasteiger partial charge in [0.25, 0.3) is 5.91 Å². The maximum Gasteiger partial charge on any atom is 0.257 e. The number of aryl methyl sites for hydroxylation is 1. The highest BCUT2D eigenvalue weighted by atomic mass is 19.1. The summed E-state index contributed by atoms with van der Waals surface area (Å²) in [5, 5.41) is 0. The predicted octanol–water partition coefficient (Wildman–Crippen LogP) is 1.46. The number of carbonyl (C=O) groups excluding carboxylic acids is 1. The number of ether oxygens (including phenoxy) is 1. The van der Waals surface area contributed by atoms with E-state index < -0.39 is 17.5 Å². The lowest BCUT2D eigenvalue weighted by Crippen LogP contribution is -2.51. The van der Waals surface area contributed by atoms with Crippen molar-refractivity contribution in [3.8, 4) is 0 Å². The lowest BCUT2D eigenvalue weighted by molar-refractivity contribution is -0.0626. The van der Waals surface area contributed by atoms with Crippen molar-refractivity contribution in [3.05, 3.63) is 34.9 Å². The van der Waals surface area contributed by atoms with Crippen molar-refractivity contribution in [2.75, 3.05) is 19.6 Å². The molecule has 0 aromatic heterocycles. The smallest absolute Gasteiger partial charge is 0.257 e. The molecule has 0 spiro atoms. The Hall–Kier alpha value is -1.53. The topological polar surface area (TPSA) is 55.6 Å². The molecular weight excluding hydrogens is 266 g/mol. The Bertz CT molecular complexity index is 522. The van der Waals surface area contributed by atoms with Crippen LogP contribution in [0.3, 0.4) is 0 Å². The summed E-state index contributed by atoms with van der Waals surface area (Å²) < 4.78 is 32.6. The van der Waals surface area contributed by atoms with Gasteiger partial charge in [-0.3, -0.25) is 4.79 Å². The second-order valence-electron chi connectivity index (χ2n) is 5.10. The molecule has 2 N–H and O–H groups in total. The second kappa shape index (κ2) is 5.85. The van der Waals surface area contributed by atoms with Gasteiger partial charge in [-0.2, -0.15) is 0 Å². The van der Waals surface area contributed by atoms with Gasteiger partial charge in [-0.25, -0.2) is 8.78 Å². The highest BCUT2D eigenvalue weighted by Gasteiger charge is 2.29. The van der Waals surface area contributed by atoms with Gasteiger partial charge in [0.2, 0.25) is 0 Å². The average molecular weight is 284 g/mol. The molecule has 20 heavy (non-hydrogen) atoms. The van der Waals surface area contributed by atoms with Gasteiger partial charge in [-0.15, -0.1) is 0 Å². The molecule has 1 saturated heterocycles. The zero-order valence-corrected chi connectivity index (χ0v) is 11.5. The Kier molecular flexibility index (Phi) is 4.35. The Morgan fingerprint density at radius 1 is 1.40 bits per heavy atom. The number of halogens is 2.